The first kappa shape index (κ1) is 61.3. The van der Waals surface area contributed by atoms with Gasteiger partial charge in [0.15, 0.2) is 0 Å². The summed E-state index contributed by atoms with van der Waals surface area (Å²) in [5, 5.41) is 10.7. The Morgan fingerprint density at radius 3 is 0.943 bits per heavy atom. The molecule has 21 aromatic rings. The molecule has 0 amide bonds. The third kappa shape index (κ3) is 11.4. The van der Waals surface area contributed by atoms with Crippen LogP contribution in [0.15, 0.2) is 340 Å². The van der Waals surface area contributed by atoms with Crippen LogP contribution >= 0.6 is 0 Å². The zero-order valence-electron chi connectivity index (χ0n) is 56.7. The van der Waals surface area contributed by atoms with E-state index < -0.39 is 0 Å². The number of nitrogens with zero attached hydrogens (tertiary/aromatic N) is 12. The van der Waals surface area contributed by atoms with E-state index in [4.69, 9.17) is 39.9 Å². The van der Waals surface area contributed by atoms with Crippen molar-refractivity contribution in [2.45, 2.75) is 0 Å². The minimum absolute atomic E-state index is 0.848. The number of pyridine rings is 12. The molecule has 21 rings (SSSR count). The van der Waals surface area contributed by atoms with Crippen molar-refractivity contribution in [3.05, 3.63) is 340 Å². The molecule has 0 aliphatic rings. The molecule has 106 heavy (non-hydrogen) atoms. The molecule has 0 radical (unpaired) electrons. The van der Waals surface area contributed by atoms with Gasteiger partial charge in [-0.3, -0.25) is 29.9 Å². The van der Waals surface area contributed by atoms with E-state index in [2.05, 4.69) is 250 Å². The summed E-state index contributed by atoms with van der Waals surface area (Å²) in [5.41, 5.74) is 26.8. The Hall–Kier alpha value is -14.6. The van der Waals surface area contributed by atoms with Crippen molar-refractivity contribution in [3.63, 3.8) is 0 Å². The average molecular weight is 1350 g/mol. The highest BCUT2D eigenvalue weighted by molar-refractivity contribution is 6.11. The van der Waals surface area contributed by atoms with Gasteiger partial charge in [-0.1, -0.05) is 140 Å². The van der Waals surface area contributed by atoms with E-state index >= 15 is 0 Å². The second kappa shape index (κ2) is 25.8. The van der Waals surface area contributed by atoms with Gasteiger partial charge in [0.25, 0.3) is 0 Å². The average Bonchev–Trinajstić information content (AvgIpc) is 0.769. The Bertz CT molecular complexity index is 6980. The molecule has 9 aromatic carbocycles. The van der Waals surface area contributed by atoms with Crippen LogP contribution in [0.25, 0.3) is 210 Å². The molecule has 0 bridgehead atoms. The predicted molar refractivity (Wildman–Crippen MR) is 430 cm³/mol. The molecule has 0 spiro atoms. The second-order valence-corrected chi connectivity index (χ2v) is 26.4. The number of benzene rings is 9. The molecule has 0 fully saturated rings. The number of aromatic nitrogens is 12. The van der Waals surface area contributed by atoms with Crippen LogP contribution in [-0.4, -0.2) is 59.8 Å². The molecule has 0 aliphatic carbocycles. The molecular weight excluding hydrogens is 1300 g/mol. The van der Waals surface area contributed by atoms with E-state index in [0.717, 1.165) is 210 Å². The number of hydrogen-bond acceptors (Lipinski definition) is 12. The standard InChI is InChI=1S/C53H31N7.C41H25N5/c1-2-24-54-48(7-1)49-23-17-39-28-37(15-21-44(39)58-49)36-14-20-43-38(27-36)16-22-45(57-43)40-29-41(46-18-12-34-10-8-32-5-3-25-55-50(32)52(34)59-46)31-42(30-40)47-19-13-35-11-9-33-6-4-26-56-51(33)53(35)60-47;1-2-19-42-38(10-1)39-18-14-31-23-27(12-16-37(31)46-39)26-11-15-36-30(22-26)13-17-35(45-36)29-7-3-6-28(24-29)34-25-32-8-4-20-43-40(32)41-33(34)9-5-21-44-41/h1-31H;1-25H. The SMILES string of the molecule is c1ccc(-c2ccc3cc(-c4ccc5nc(-c6cc(-c7ccc8ccc9cccnc9c8n7)cc(-c7ccc8ccc9cccnc9c8n7)c6)ccc5c4)ccc3n2)nc1.c1ccc(-c2ccc3cc(-c4ccc5nc(-c6cccc(-c7cc8cccnc8c8ncccc78)c6)ccc5c4)ccc3n2)nc1. The Balaban J connectivity index is 0.000000145. The molecule has 0 atom stereocenters. The van der Waals surface area contributed by atoms with Gasteiger partial charge in [-0.15, -0.1) is 0 Å². The topological polar surface area (TPSA) is 155 Å². The largest absolute Gasteiger partial charge is 0.255 e. The van der Waals surface area contributed by atoms with E-state index in [0.29, 0.717) is 0 Å². The first-order chi connectivity index (χ1) is 52.4. The summed E-state index contributed by atoms with van der Waals surface area (Å²) in [6.45, 7) is 0. The van der Waals surface area contributed by atoms with E-state index in [1.807, 2.05) is 97.6 Å². The molecule has 0 saturated carbocycles. The first-order valence-electron chi connectivity index (χ1n) is 35.1. The normalized spacial score (nSPS) is 11.6. The maximum absolute atomic E-state index is 5.24. The van der Waals surface area contributed by atoms with Crippen LogP contribution < -0.4 is 0 Å². The first-order valence-corrected chi connectivity index (χ1v) is 35.1. The fourth-order valence-electron chi connectivity index (χ4n) is 14.6. The van der Waals surface area contributed by atoms with E-state index in [1.54, 1.807) is 12.4 Å². The second-order valence-electron chi connectivity index (χ2n) is 26.4. The molecule has 0 unspecified atom stereocenters. The van der Waals surface area contributed by atoms with Crippen LogP contribution in [0.2, 0.25) is 0 Å². The quantitative estimate of drug-likeness (QED) is 0.126. The van der Waals surface area contributed by atoms with E-state index in [9.17, 15) is 0 Å². The van der Waals surface area contributed by atoms with Gasteiger partial charge >= 0.3 is 0 Å². The van der Waals surface area contributed by atoms with Crippen molar-refractivity contribution in [1.82, 2.24) is 59.8 Å². The molecule has 12 aromatic heterocycles. The van der Waals surface area contributed by atoms with Crippen LogP contribution in [0, 0.1) is 0 Å². The Morgan fingerprint density at radius 1 is 0.151 bits per heavy atom. The van der Waals surface area contributed by atoms with Crippen molar-refractivity contribution in [2.75, 3.05) is 0 Å². The van der Waals surface area contributed by atoms with Gasteiger partial charge < -0.3 is 0 Å². The molecule has 0 aliphatic heterocycles. The van der Waals surface area contributed by atoms with Gasteiger partial charge in [-0.25, -0.2) is 29.9 Å². The van der Waals surface area contributed by atoms with E-state index in [1.165, 1.54) is 0 Å². The maximum atomic E-state index is 5.24. The zero-order valence-corrected chi connectivity index (χ0v) is 56.7. The van der Waals surface area contributed by atoms with Crippen molar-refractivity contribution < 1.29 is 0 Å². The lowest BCUT2D eigenvalue weighted by atomic mass is 9.95. The highest BCUT2D eigenvalue weighted by Crippen LogP contribution is 2.39. The van der Waals surface area contributed by atoms with Crippen LogP contribution in [0.1, 0.15) is 0 Å². The Morgan fingerprint density at radius 2 is 0.491 bits per heavy atom. The molecule has 12 heterocycles. The van der Waals surface area contributed by atoms with Crippen molar-refractivity contribution >= 4 is 109 Å². The molecule has 492 valence electrons. The summed E-state index contributed by atoms with van der Waals surface area (Å²) in [7, 11) is 0. The lowest BCUT2D eigenvalue weighted by molar-refractivity contribution is 1.28. The van der Waals surface area contributed by atoms with Gasteiger partial charge in [0, 0.05) is 113 Å². The van der Waals surface area contributed by atoms with Crippen molar-refractivity contribution in [2.24, 2.45) is 0 Å². The fraction of sp³-hybridized carbons (Fsp3) is 0. The molecule has 12 heteroatoms. The number of rotatable bonds is 9. The highest BCUT2D eigenvalue weighted by Gasteiger charge is 2.18. The van der Waals surface area contributed by atoms with Gasteiger partial charge in [0.1, 0.15) is 0 Å². The van der Waals surface area contributed by atoms with Gasteiger partial charge in [-0.2, -0.15) is 0 Å². The minimum atomic E-state index is 0.848. The fourth-order valence-corrected chi connectivity index (χ4v) is 14.6. The molecular formula is C94H56N12. The third-order valence-corrected chi connectivity index (χ3v) is 19.9. The summed E-state index contributed by atoms with van der Waals surface area (Å²) in [5.74, 6) is 0. The van der Waals surface area contributed by atoms with Crippen molar-refractivity contribution in [3.8, 4) is 101 Å². The van der Waals surface area contributed by atoms with Crippen molar-refractivity contribution in [1.29, 1.82) is 0 Å². The summed E-state index contributed by atoms with van der Waals surface area (Å²) in [6.07, 6.45) is 10.9. The van der Waals surface area contributed by atoms with Gasteiger partial charge in [0.05, 0.1) is 101 Å². The van der Waals surface area contributed by atoms with Crippen LogP contribution in [0.5, 0.6) is 0 Å². The number of hydrogen-bond donors (Lipinski definition) is 0. The number of fused-ring (bicyclic) bond motifs is 13. The van der Waals surface area contributed by atoms with Crippen LogP contribution in [0.4, 0.5) is 0 Å². The molecule has 0 saturated heterocycles. The van der Waals surface area contributed by atoms with Gasteiger partial charge in [-0.05, 0) is 197 Å². The smallest absolute Gasteiger partial charge is 0.0972 e. The molecule has 0 N–H and O–H groups in total. The lowest BCUT2D eigenvalue weighted by Crippen LogP contribution is -1.93. The minimum Gasteiger partial charge on any atom is -0.255 e. The summed E-state index contributed by atoms with van der Waals surface area (Å²) in [4.78, 5) is 58.2. The lowest BCUT2D eigenvalue weighted by Gasteiger charge is -2.13. The summed E-state index contributed by atoms with van der Waals surface area (Å²) in [6, 6.07) is 105. The summed E-state index contributed by atoms with van der Waals surface area (Å²) >= 11 is 0. The predicted octanol–water partition coefficient (Wildman–Crippen LogP) is 22.6. The monoisotopic (exact) mass is 1350 g/mol. The Labute approximate surface area is 606 Å². The van der Waals surface area contributed by atoms with Crippen LogP contribution in [0.3, 0.4) is 0 Å². The Kier molecular flexibility index (Phi) is 14.9. The summed E-state index contributed by atoms with van der Waals surface area (Å²) < 4.78 is 0. The zero-order chi connectivity index (χ0) is 70.0. The highest BCUT2D eigenvalue weighted by atomic mass is 14.8. The van der Waals surface area contributed by atoms with Gasteiger partial charge in [0.2, 0.25) is 0 Å². The van der Waals surface area contributed by atoms with E-state index in [-0.39, 0.29) is 0 Å². The third-order valence-electron chi connectivity index (χ3n) is 19.9. The molecule has 12 nitrogen and oxygen atoms in total. The maximum Gasteiger partial charge on any atom is 0.0972 e. The van der Waals surface area contributed by atoms with Crippen LogP contribution in [-0.2, 0) is 0 Å².